The lowest BCUT2D eigenvalue weighted by Gasteiger charge is -2.02. The maximum absolute atomic E-state index is 11.6. The predicted octanol–water partition coefficient (Wildman–Crippen LogP) is 3.08. The van der Waals surface area contributed by atoms with Gasteiger partial charge in [0.05, 0.1) is 12.8 Å². The molecule has 0 spiro atoms. The van der Waals surface area contributed by atoms with E-state index in [1.165, 1.54) is 0 Å². The zero-order chi connectivity index (χ0) is 16.1. The number of benzene rings is 1. The van der Waals surface area contributed by atoms with Crippen LogP contribution in [0.2, 0.25) is 0 Å². The summed E-state index contributed by atoms with van der Waals surface area (Å²) >= 11 is 0. The summed E-state index contributed by atoms with van der Waals surface area (Å²) in [6.07, 6.45) is 1.55. The molecule has 0 aliphatic rings. The fraction of sp³-hybridized carbons (Fsp3) is 0.176. The van der Waals surface area contributed by atoms with E-state index in [4.69, 9.17) is 13.7 Å². The third kappa shape index (κ3) is 3.79. The Kier molecular flexibility index (Phi) is 4.42. The van der Waals surface area contributed by atoms with Crippen molar-refractivity contribution in [2.45, 2.75) is 13.5 Å². The first kappa shape index (κ1) is 14.9. The maximum atomic E-state index is 11.6. The number of amides is 1. The summed E-state index contributed by atoms with van der Waals surface area (Å²) in [5.41, 5.74) is 1.35. The Bertz CT molecular complexity index is 785. The number of oxime groups is 1. The molecule has 2 heterocycles. The van der Waals surface area contributed by atoms with Crippen LogP contribution < -0.4 is 5.32 Å². The molecule has 2 aromatic heterocycles. The first-order chi connectivity index (χ1) is 11.2. The van der Waals surface area contributed by atoms with E-state index in [2.05, 4.69) is 10.5 Å². The van der Waals surface area contributed by atoms with E-state index in [1.807, 2.05) is 30.3 Å². The van der Waals surface area contributed by atoms with Gasteiger partial charge in [0.2, 0.25) is 0 Å². The van der Waals surface area contributed by atoms with Crippen LogP contribution in [0.4, 0.5) is 0 Å². The quantitative estimate of drug-likeness (QED) is 0.560. The minimum atomic E-state index is -0.275. The van der Waals surface area contributed by atoms with Crippen LogP contribution >= 0.6 is 0 Å². The van der Waals surface area contributed by atoms with Gasteiger partial charge in [0.15, 0.2) is 12.4 Å². The molecule has 0 aliphatic carbocycles. The highest BCUT2D eigenvalue weighted by Gasteiger charge is 2.07. The van der Waals surface area contributed by atoms with Gasteiger partial charge in [-0.3, -0.25) is 4.79 Å². The minimum Gasteiger partial charge on any atom is -0.467 e. The van der Waals surface area contributed by atoms with Crippen LogP contribution in [0.1, 0.15) is 18.4 Å². The molecule has 1 N–H and O–H groups in total. The second-order valence-corrected chi connectivity index (χ2v) is 4.95. The number of rotatable bonds is 6. The molecule has 3 rings (SSSR count). The Labute approximate surface area is 132 Å². The molecule has 0 radical (unpaired) electrons. The normalized spacial score (nSPS) is 11.6. The zero-order valence-corrected chi connectivity index (χ0v) is 12.6. The number of hydrogen-bond donors (Lipinski definition) is 1. The van der Waals surface area contributed by atoms with E-state index < -0.39 is 0 Å². The molecule has 0 fully saturated rings. The molecule has 0 aliphatic heterocycles. The third-order valence-corrected chi connectivity index (χ3v) is 3.22. The van der Waals surface area contributed by atoms with Crippen molar-refractivity contribution in [1.82, 2.24) is 5.32 Å². The van der Waals surface area contributed by atoms with Crippen molar-refractivity contribution in [2.75, 3.05) is 6.61 Å². The molecule has 118 valence electrons. The number of nitrogens with one attached hydrogen (secondary N) is 1. The summed E-state index contributed by atoms with van der Waals surface area (Å²) in [5, 5.41) is 7.58. The van der Waals surface area contributed by atoms with Gasteiger partial charge in [-0.2, -0.15) is 0 Å². The number of carbonyl (C=O) groups is 1. The van der Waals surface area contributed by atoms with E-state index in [1.54, 1.807) is 25.3 Å². The summed E-state index contributed by atoms with van der Waals surface area (Å²) in [6, 6.07) is 13.1. The average Bonchev–Trinajstić information content (AvgIpc) is 3.22. The highest BCUT2D eigenvalue weighted by molar-refractivity contribution is 5.99. The van der Waals surface area contributed by atoms with Gasteiger partial charge in [-0.1, -0.05) is 23.4 Å². The van der Waals surface area contributed by atoms with E-state index in [0.29, 0.717) is 23.8 Å². The van der Waals surface area contributed by atoms with Gasteiger partial charge in [0.1, 0.15) is 17.1 Å². The largest absolute Gasteiger partial charge is 0.467 e. The topological polar surface area (TPSA) is 77.0 Å². The fourth-order valence-corrected chi connectivity index (χ4v) is 2.04. The molecule has 6 heteroatoms. The molecule has 23 heavy (non-hydrogen) atoms. The Balaban J connectivity index is 1.51. The maximum Gasteiger partial charge on any atom is 0.261 e. The first-order valence-electron chi connectivity index (χ1n) is 7.17. The van der Waals surface area contributed by atoms with Gasteiger partial charge in [-0.05, 0) is 31.2 Å². The summed E-state index contributed by atoms with van der Waals surface area (Å²) in [7, 11) is 0. The average molecular weight is 312 g/mol. The molecule has 0 bridgehead atoms. The van der Waals surface area contributed by atoms with Gasteiger partial charge in [-0.15, -0.1) is 0 Å². The highest BCUT2D eigenvalue weighted by atomic mass is 16.6. The van der Waals surface area contributed by atoms with Gasteiger partial charge < -0.3 is 19.0 Å². The molecule has 0 atom stereocenters. The van der Waals surface area contributed by atoms with E-state index in [-0.39, 0.29) is 12.5 Å². The Morgan fingerprint density at radius 1 is 1.26 bits per heavy atom. The fourth-order valence-electron chi connectivity index (χ4n) is 2.04. The Morgan fingerprint density at radius 2 is 2.13 bits per heavy atom. The van der Waals surface area contributed by atoms with Crippen LogP contribution in [0.25, 0.3) is 11.0 Å². The molecule has 0 saturated carbocycles. The number of fused-ring (bicyclic) bond motifs is 1. The smallest absolute Gasteiger partial charge is 0.261 e. The van der Waals surface area contributed by atoms with Crippen molar-refractivity contribution in [1.29, 1.82) is 0 Å². The number of para-hydroxylation sites is 1. The summed E-state index contributed by atoms with van der Waals surface area (Å²) in [5.74, 6) is 1.02. The van der Waals surface area contributed by atoms with Crippen molar-refractivity contribution in [3.8, 4) is 0 Å². The molecular weight excluding hydrogens is 296 g/mol. The predicted molar refractivity (Wildman–Crippen MR) is 84.9 cm³/mol. The van der Waals surface area contributed by atoms with Gasteiger partial charge in [0.25, 0.3) is 5.91 Å². The highest BCUT2D eigenvalue weighted by Crippen LogP contribution is 2.19. The number of nitrogens with zero attached hydrogens (tertiary/aromatic N) is 1. The SMILES string of the molecule is C/C(=N/OCC(=O)NCc1ccco1)c1cc2ccccc2o1. The number of carbonyl (C=O) groups excluding carboxylic acids is 1. The van der Waals surface area contributed by atoms with Crippen LogP contribution in [0.3, 0.4) is 0 Å². The molecule has 0 unspecified atom stereocenters. The standard InChI is InChI=1S/C17H16N2O4/c1-12(16-9-13-5-2-3-7-15(13)23-16)19-22-11-17(20)18-10-14-6-4-8-21-14/h2-9H,10-11H2,1H3,(H,18,20)/b19-12-. The van der Waals surface area contributed by atoms with E-state index >= 15 is 0 Å². The summed E-state index contributed by atoms with van der Waals surface area (Å²) in [6.45, 7) is 1.91. The van der Waals surface area contributed by atoms with Gasteiger partial charge in [0, 0.05) is 5.39 Å². The first-order valence-corrected chi connectivity index (χ1v) is 7.17. The Morgan fingerprint density at radius 3 is 2.91 bits per heavy atom. The Hall–Kier alpha value is -3.02. The number of hydrogen-bond acceptors (Lipinski definition) is 5. The van der Waals surface area contributed by atoms with E-state index in [9.17, 15) is 4.79 Å². The molecular formula is C17H16N2O4. The summed E-state index contributed by atoms with van der Waals surface area (Å²) in [4.78, 5) is 16.7. The molecule has 6 nitrogen and oxygen atoms in total. The monoisotopic (exact) mass is 312 g/mol. The minimum absolute atomic E-state index is 0.168. The number of furan rings is 2. The van der Waals surface area contributed by atoms with Crippen LogP contribution in [-0.2, 0) is 16.2 Å². The molecule has 3 aromatic rings. The van der Waals surface area contributed by atoms with Crippen molar-refractivity contribution < 1.29 is 18.5 Å². The van der Waals surface area contributed by atoms with Crippen molar-refractivity contribution >= 4 is 22.6 Å². The van der Waals surface area contributed by atoms with Crippen LogP contribution in [0, 0.1) is 0 Å². The van der Waals surface area contributed by atoms with Gasteiger partial charge >= 0.3 is 0 Å². The second-order valence-electron chi connectivity index (χ2n) is 4.95. The lowest BCUT2D eigenvalue weighted by molar-refractivity contribution is -0.125. The molecule has 1 amide bonds. The third-order valence-electron chi connectivity index (χ3n) is 3.22. The van der Waals surface area contributed by atoms with Crippen LogP contribution in [0.5, 0.6) is 0 Å². The van der Waals surface area contributed by atoms with Crippen molar-refractivity contribution in [3.63, 3.8) is 0 Å². The molecule has 1 aromatic carbocycles. The zero-order valence-electron chi connectivity index (χ0n) is 12.6. The van der Waals surface area contributed by atoms with Gasteiger partial charge in [-0.25, -0.2) is 0 Å². The van der Waals surface area contributed by atoms with E-state index in [0.717, 1.165) is 11.0 Å². The summed E-state index contributed by atoms with van der Waals surface area (Å²) < 4.78 is 10.8. The van der Waals surface area contributed by atoms with Crippen molar-refractivity contribution in [3.05, 3.63) is 60.2 Å². The van der Waals surface area contributed by atoms with Crippen molar-refractivity contribution in [2.24, 2.45) is 5.16 Å². The lowest BCUT2D eigenvalue weighted by Crippen LogP contribution is -2.26. The second kappa shape index (κ2) is 6.83. The lowest BCUT2D eigenvalue weighted by atomic mass is 10.2. The molecule has 0 saturated heterocycles. The van der Waals surface area contributed by atoms with Crippen LogP contribution in [0.15, 0.2) is 62.7 Å². The van der Waals surface area contributed by atoms with Crippen LogP contribution in [-0.4, -0.2) is 18.2 Å².